The molecule has 1 rings (SSSR count). The fourth-order valence-corrected chi connectivity index (χ4v) is 0.475. The van der Waals surface area contributed by atoms with E-state index in [0.717, 1.165) is 13.5 Å². The van der Waals surface area contributed by atoms with E-state index in [4.69, 9.17) is 10.2 Å². The number of carbonyl (C=O) groups excluding carboxylic acids is 1. The van der Waals surface area contributed by atoms with Gasteiger partial charge in [0.2, 0.25) is 0 Å². The Kier molecular flexibility index (Phi) is 10.1. The molecule has 1 saturated heterocycles. The smallest absolute Gasteiger partial charge is 0.305 e. The molecule has 2 N–H and O–H groups in total. The zero-order valence-corrected chi connectivity index (χ0v) is 9.24. The summed E-state index contributed by atoms with van der Waals surface area (Å²) in [5, 5.41) is 15.6. The lowest BCUT2D eigenvalue weighted by atomic mass is 10.4. The van der Waals surface area contributed by atoms with Crippen LogP contribution in [-0.2, 0) is 14.3 Å². The molecule has 0 unspecified atom stereocenters. The number of esters is 1. The monoisotopic (exact) mass is 208 g/mol. The number of hydrogen-bond acceptors (Lipinski definition) is 5. The summed E-state index contributed by atoms with van der Waals surface area (Å²) >= 11 is 0. The standard InChI is InChI=1S/C4H6O2.C4H10O2.CH4O/c5-4-2-1-3-6-4;1-4(2,5)6-3;1-2/h1-3H2;5H,1-3H3;2H,1H3. The van der Waals surface area contributed by atoms with Crippen LogP contribution < -0.4 is 0 Å². The lowest BCUT2D eigenvalue weighted by Gasteiger charge is -2.12. The minimum Gasteiger partial charge on any atom is -0.466 e. The zero-order valence-electron chi connectivity index (χ0n) is 9.24. The van der Waals surface area contributed by atoms with Crippen LogP contribution in [0, 0.1) is 0 Å². The number of cyclic esters (lactones) is 1. The molecule has 0 aliphatic carbocycles. The van der Waals surface area contributed by atoms with Crippen molar-refractivity contribution in [3.63, 3.8) is 0 Å². The molecule has 5 heteroatoms. The van der Waals surface area contributed by atoms with Gasteiger partial charge in [-0.15, -0.1) is 0 Å². The van der Waals surface area contributed by atoms with Crippen molar-refractivity contribution in [1.29, 1.82) is 0 Å². The van der Waals surface area contributed by atoms with E-state index < -0.39 is 5.79 Å². The van der Waals surface area contributed by atoms with E-state index in [9.17, 15) is 4.79 Å². The summed E-state index contributed by atoms with van der Waals surface area (Å²) in [4.78, 5) is 10.0. The van der Waals surface area contributed by atoms with Crippen LogP contribution in [0.15, 0.2) is 0 Å². The second kappa shape index (κ2) is 8.93. The van der Waals surface area contributed by atoms with Crippen molar-refractivity contribution in [1.82, 2.24) is 0 Å². The molecule has 1 aliphatic rings. The third-order valence-corrected chi connectivity index (χ3v) is 1.29. The van der Waals surface area contributed by atoms with Crippen LogP contribution >= 0.6 is 0 Å². The van der Waals surface area contributed by atoms with Crippen LogP contribution in [0.5, 0.6) is 0 Å². The molecule has 1 heterocycles. The van der Waals surface area contributed by atoms with Gasteiger partial charge in [0, 0.05) is 20.6 Å². The second-order valence-electron chi connectivity index (χ2n) is 2.97. The number of aliphatic hydroxyl groups excluding tert-OH is 1. The van der Waals surface area contributed by atoms with Gasteiger partial charge in [0.05, 0.1) is 6.61 Å². The lowest BCUT2D eigenvalue weighted by molar-refractivity contribution is -0.155. The van der Waals surface area contributed by atoms with Crippen molar-refractivity contribution in [2.75, 3.05) is 20.8 Å². The molecule has 0 aromatic heterocycles. The number of methoxy groups -OCH3 is 1. The highest BCUT2D eigenvalue weighted by atomic mass is 16.6. The Morgan fingerprint density at radius 3 is 1.93 bits per heavy atom. The summed E-state index contributed by atoms with van der Waals surface area (Å²) < 4.78 is 9.01. The van der Waals surface area contributed by atoms with E-state index in [2.05, 4.69) is 9.47 Å². The molecule has 1 aliphatic heterocycles. The SMILES string of the molecule is CO.COC(C)(C)O.O=C1CCCO1. The highest BCUT2D eigenvalue weighted by Crippen LogP contribution is 2.01. The minimum absolute atomic E-state index is 0.0463. The van der Waals surface area contributed by atoms with Crippen molar-refractivity contribution in [3.8, 4) is 0 Å². The van der Waals surface area contributed by atoms with Crippen molar-refractivity contribution < 1.29 is 24.5 Å². The van der Waals surface area contributed by atoms with Gasteiger partial charge in [-0.2, -0.15) is 0 Å². The molecule has 0 bridgehead atoms. The molecule has 1 fully saturated rings. The van der Waals surface area contributed by atoms with Crippen LogP contribution in [0.25, 0.3) is 0 Å². The molecule has 0 aromatic rings. The van der Waals surface area contributed by atoms with E-state index in [1.807, 2.05) is 0 Å². The van der Waals surface area contributed by atoms with Gasteiger partial charge in [-0.25, -0.2) is 0 Å². The molecule has 0 aromatic carbocycles. The van der Waals surface area contributed by atoms with Gasteiger partial charge in [0.25, 0.3) is 0 Å². The van der Waals surface area contributed by atoms with Crippen LogP contribution in [0.3, 0.4) is 0 Å². The predicted molar refractivity (Wildman–Crippen MR) is 51.6 cm³/mol. The summed E-state index contributed by atoms with van der Waals surface area (Å²) in [6.45, 7) is 3.79. The summed E-state index contributed by atoms with van der Waals surface area (Å²) in [6, 6.07) is 0. The average Bonchev–Trinajstić information content (AvgIpc) is 2.59. The van der Waals surface area contributed by atoms with Gasteiger partial charge in [0.15, 0.2) is 5.79 Å². The van der Waals surface area contributed by atoms with Gasteiger partial charge in [-0.05, 0) is 20.3 Å². The van der Waals surface area contributed by atoms with Crippen molar-refractivity contribution >= 4 is 5.97 Å². The van der Waals surface area contributed by atoms with Crippen LogP contribution in [0.2, 0.25) is 0 Å². The Balaban J connectivity index is 0. The summed E-state index contributed by atoms with van der Waals surface area (Å²) in [5.41, 5.74) is 0. The summed E-state index contributed by atoms with van der Waals surface area (Å²) in [6.07, 6.45) is 1.54. The molecule has 5 nitrogen and oxygen atoms in total. The Morgan fingerprint density at radius 1 is 1.43 bits per heavy atom. The Hall–Kier alpha value is -0.650. The number of rotatable bonds is 1. The Labute approximate surface area is 84.6 Å². The normalized spacial score (nSPS) is 14.6. The first-order valence-electron chi connectivity index (χ1n) is 4.33. The summed E-state index contributed by atoms with van der Waals surface area (Å²) in [5.74, 6) is -1.00. The predicted octanol–water partition coefficient (Wildman–Crippen LogP) is 0.293. The Bertz CT molecular complexity index is 131. The van der Waals surface area contributed by atoms with E-state index in [0.29, 0.717) is 13.0 Å². The third kappa shape index (κ3) is 13.9. The fraction of sp³-hybridized carbons (Fsp3) is 0.889. The number of aliphatic hydroxyl groups is 2. The van der Waals surface area contributed by atoms with Gasteiger partial charge in [0.1, 0.15) is 0 Å². The van der Waals surface area contributed by atoms with Crippen LogP contribution in [0.4, 0.5) is 0 Å². The van der Waals surface area contributed by atoms with Gasteiger partial charge >= 0.3 is 5.97 Å². The van der Waals surface area contributed by atoms with Crippen molar-refractivity contribution in [2.45, 2.75) is 32.5 Å². The maximum absolute atomic E-state index is 10.0. The number of hydrogen-bond donors (Lipinski definition) is 2. The first-order valence-corrected chi connectivity index (χ1v) is 4.33. The second-order valence-corrected chi connectivity index (χ2v) is 2.97. The Morgan fingerprint density at radius 2 is 1.86 bits per heavy atom. The number of ether oxygens (including phenoxy) is 2. The first-order chi connectivity index (χ1) is 6.45. The molecule has 0 spiro atoms. The molecule has 0 atom stereocenters. The van der Waals surface area contributed by atoms with Crippen LogP contribution in [-0.4, -0.2) is 42.8 Å². The molecule has 0 amide bonds. The first kappa shape index (κ1) is 15.8. The zero-order chi connectivity index (χ0) is 11.6. The highest BCUT2D eigenvalue weighted by Gasteiger charge is 2.08. The lowest BCUT2D eigenvalue weighted by Crippen LogP contribution is -2.20. The van der Waals surface area contributed by atoms with Crippen LogP contribution in [0.1, 0.15) is 26.7 Å². The van der Waals surface area contributed by atoms with Crippen molar-refractivity contribution in [2.24, 2.45) is 0 Å². The number of carbonyl (C=O) groups is 1. The topological polar surface area (TPSA) is 76.0 Å². The average molecular weight is 208 g/mol. The van der Waals surface area contributed by atoms with E-state index >= 15 is 0 Å². The molecule has 86 valence electrons. The highest BCUT2D eigenvalue weighted by molar-refractivity contribution is 5.70. The van der Waals surface area contributed by atoms with E-state index in [-0.39, 0.29) is 5.97 Å². The fourth-order valence-electron chi connectivity index (χ4n) is 0.475. The molecule has 0 radical (unpaired) electrons. The van der Waals surface area contributed by atoms with Gasteiger partial charge in [-0.3, -0.25) is 4.79 Å². The maximum Gasteiger partial charge on any atom is 0.305 e. The van der Waals surface area contributed by atoms with Gasteiger partial charge < -0.3 is 19.7 Å². The summed E-state index contributed by atoms with van der Waals surface area (Å²) in [7, 11) is 2.46. The minimum atomic E-state index is -0.958. The van der Waals surface area contributed by atoms with E-state index in [1.54, 1.807) is 13.8 Å². The van der Waals surface area contributed by atoms with Gasteiger partial charge in [-0.1, -0.05) is 0 Å². The molecular formula is C9H20O5. The largest absolute Gasteiger partial charge is 0.466 e. The molecule has 0 saturated carbocycles. The molecule has 14 heavy (non-hydrogen) atoms. The van der Waals surface area contributed by atoms with Crippen molar-refractivity contribution in [3.05, 3.63) is 0 Å². The third-order valence-electron chi connectivity index (χ3n) is 1.29. The van der Waals surface area contributed by atoms with E-state index in [1.165, 1.54) is 7.11 Å². The quantitative estimate of drug-likeness (QED) is 0.478. The maximum atomic E-state index is 10.0. The molecular weight excluding hydrogens is 188 g/mol.